The predicted octanol–water partition coefficient (Wildman–Crippen LogP) is 3.30. The summed E-state index contributed by atoms with van der Waals surface area (Å²) in [6, 6.07) is 2.53. The van der Waals surface area contributed by atoms with Gasteiger partial charge in [-0.1, -0.05) is 0 Å². The highest BCUT2D eigenvalue weighted by Gasteiger charge is 2.28. The maximum atomic E-state index is 13.1. The van der Waals surface area contributed by atoms with E-state index in [1.54, 1.807) is 4.57 Å². The monoisotopic (exact) mass is 228 g/mol. The second-order valence-corrected chi connectivity index (χ2v) is 4.08. The van der Waals surface area contributed by atoms with Crippen molar-refractivity contribution >= 4 is 22.6 Å². The summed E-state index contributed by atoms with van der Waals surface area (Å²) in [6.07, 6.45) is 2.04. The minimum Gasteiger partial charge on any atom is -0.311 e. The van der Waals surface area contributed by atoms with Crippen molar-refractivity contribution in [3.05, 3.63) is 29.1 Å². The Kier molecular flexibility index (Phi) is 1.77. The molecule has 15 heavy (non-hydrogen) atoms. The van der Waals surface area contributed by atoms with E-state index < -0.39 is 11.6 Å². The van der Waals surface area contributed by atoms with E-state index in [1.165, 1.54) is 0 Å². The SMILES string of the molecule is Fc1cc2nc(Cl)n(C3CC3)c2cc1F. The topological polar surface area (TPSA) is 17.8 Å². The molecule has 1 saturated carbocycles. The Hall–Kier alpha value is -1.16. The fourth-order valence-electron chi connectivity index (χ4n) is 1.74. The van der Waals surface area contributed by atoms with E-state index in [-0.39, 0.29) is 0 Å². The highest BCUT2D eigenvalue weighted by atomic mass is 35.5. The van der Waals surface area contributed by atoms with Gasteiger partial charge < -0.3 is 4.57 Å². The minimum atomic E-state index is -0.889. The molecule has 0 aliphatic heterocycles. The maximum Gasteiger partial charge on any atom is 0.204 e. The molecule has 1 aromatic carbocycles. The Morgan fingerprint density at radius 2 is 1.93 bits per heavy atom. The quantitative estimate of drug-likeness (QED) is 0.732. The van der Waals surface area contributed by atoms with Gasteiger partial charge >= 0.3 is 0 Å². The average Bonchev–Trinajstić information content (AvgIpc) is 2.93. The minimum absolute atomic E-state index is 0.298. The fourth-order valence-corrected chi connectivity index (χ4v) is 2.06. The highest BCUT2D eigenvalue weighted by Crippen LogP contribution is 2.40. The van der Waals surface area contributed by atoms with Gasteiger partial charge in [0.15, 0.2) is 11.6 Å². The van der Waals surface area contributed by atoms with Gasteiger partial charge in [0, 0.05) is 18.2 Å². The van der Waals surface area contributed by atoms with Crippen molar-refractivity contribution in [2.75, 3.05) is 0 Å². The summed E-state index contributed by atoms with van der Waals surface area (Å²) in [6.45, 7) is 0. The van der Waals surface area contributed by atoms with Crippen LogP contribution in [0.3, 0.4) is 0 Å². The Labute approximate surface area is 89.5 Å². The summed E-state index contributed by atoms with van der Waals surface area (Å²) < 4.78 is 27.8. The van der Waals surface area contributed by atoms with Crippen molar-refractivity contribution in [2.24, 2.45) is 0 Å². The molecule has 0 N–H and O–H groups in total. The zero-order valence-electron chi connectivity index (χ0n) is 7.67. The van der Waals surface area contributed by atoms with Gasteiger partial charge in [-0.2, -0.15) is 0 Å². The highest BCUT2D eigenvalue weighted by molar-refractivity contribution is 6.29. The normalized spacial score (nSPS) is 16.2. The molecule has 1 heterocycles. The first-order valence-corrected chi connectivity index (χ1v) is 5.07. The number of aromatic nitrogens is 2. The van der Waals surface area contributed by atoms with Crippen molar-refractivity contribution in [1.82, 2.24) is 9.55 Å². The van der Waals surface area contributed by atoms with Crippen LogP contribution in [0.5, 0.6) is 0 Å². The first kappa shape index (κ1) is 9.09. The summed E-state index contributed by atoms with van der Waals surface area (Å²) in [5.74, 6) is -1.75. The van der Waals surface area contributed by atoms with Crippen LogP contribution >= 0.6 is 11.6 Å². The van der Waals surface area contributed by atoms with Gasteiger partial charge in [0.05, 0.1) is 11.0 Å². The molecule has 1 aliphatic rings. The van der Waals surface area contributed by atoms with Crippen molar-refractivity contribution in [1.29, 1.82) is 0 Å². The Morgan fingerprint density at radius 3 is 2.60 bits per heavy atom. The molecule has 0 radical (unpaired) electrons. The van der Waals surface area contributed by atoms with Gasteiger partial charge in [-0.05, 0) is 24.4 Å². The lowest BCUT2D eigenvalue weighted by atomic mass is 10.3. The molecule has 0 bridgehead atoms. The standard InChI is InChI=1S/C10H7ClF2N2/c11-10-14-8-3-6(12)7(13)4-9(8)15(10)5-1-2-5/h3-5H,1-2H2. The summed E-state index contributed by atoms with van der Waals surface area (Å²) in [5, 5.41) is 0.303. The summed E-state index contributed by atoms with van der Waals surface area (Å²) >= 11 is 5.91. The van der Waals surface area contributed by atoms with E-state index in [4.69, 9.17) is 11.6 Å². The van der Waals surface area contributed by atoms with Gasteiger partial charge in [0.25, 0.3) is 0 Å². The number of hydrogen-bond donors (Lipinski definition) is 0. The maximum absolute atomic E-state index is 13.1. The van der Waals surface area contributed by atoms with Crippen LogP contribution in [0.1, 0.15) is 18.9 Å². The molecule has 0 unspecified atom stereocenters. The van der Waals surface area contributed by atoms with E-state index >= 15 is 0 Å². The second kappa shape index (κ2) is 2.92. The molecule has 3 rings (SSSR count). The van der Waals surface area contributed by atoms with Crippen LogP contribution in [0.15, 0.2) is 12.1 Å². The van der Waals surface area contributed by atoms with Gasteiger partial charge in [0.2, 0.25) is 5.28 Å². The lowest BCUT2D eigenvalue weighted by molar-refractivity contribution is 0.510. The molecule has 0 amide bonds. The lowest BCUT2D eigenvalue weighted by Gasteiger charge is -2.02. The van der Waals surface area contributed by atoms with E-state index in [0.29, 0.717) is 22.4 Å². The molecule has 0 atom stereocenters. The number of nitrogens with zero attached hydrogens (tertiary/aromatic N) is 2. The first-order chi connectivity index (χ1) is 7.16. The number of rotatable bonds is 1. The molecule has 5 heteroatoms. The second-order valence-electron chi connectivity index (χ2n) is 3.74. The van der Waals surface area contributed by atoms with Crippen LogP contribution < -0.4 is 0 Å². The summed E-state index contributed by atoms with van der Waals surface area (Å²) in [7, 11) is 0. The van der Waals surface area contributed by atoms with Gasteiger partial charge in [0.1, 0.15) is 0 Å². The van der Waals surface area contributed by atoms with E-state index in [1.807, 2.05) is 0 Å². The van der Waals surface area contributed by atoms with Crippen LogP contribution in [0.4, 0.5) is 8.78 Å². The zero-order valence-corrected chi connectivity index (χ0v) is 8.43. The van der Waals surface area contributed by atoms with Crippen LogP contribution in [-0.4, -0.2) is 9.55 Å². The van der Waals surface area contributed by atoms with Crippen molar-refractivity contribution in [3.63, 3.8) is 0 Å². The van der Waals surface area contributed by atoms with Crippen molar-refractivity contribution in [2.45, 2.75) is 18.9 Å². The van der Waals surface area contributed by atoms with Crippen LogP contribution in [0.25, 0.3) is 11.0 Å². The summed E-state index contributed by atoms with van der Waals surface area (Å²) in [4.78, 5) is 4.00. The van der Waals surface area contributed by atoms with Crippen LogP contribution in [-0.2, 0) is 0 Å². The smallest absolute Gasteiger partial charge is 0.204 e. The molecule has 1 aliphatic carbocycles. The molecule has 0 saturated heterocycles. The van der Waals surface area contributed by atoms with E-state index in [9.17, 15) is 8.78 Å². The Bertz CT molecular complexity index is 546. The Balaban J connectivity index is 2.34. The fraction of sp³-hybridized carbons (Fsp3) is 0.300. The molecule has 2 nitrogen and oxygen atoms in total. The third kappa shape index (κ3) is 1.32. The number of fused-ring (bicyclic) bond motifs is 1. The van der Waals surface area contributed by atoms with Gasteiger partial charge in [-0.15, -0.1) is 0 Å². The third-order valence-corrected chi connectivity index (χ3v) is 2.87. The molecule has 78 valence electrons. The zero-order chi connectivity index (χ0) is 10.6. The number of halogens is 3. The predicted molar refractivity (Wildman–Crippen MR) is 52.9 cm³/mol. The molecular weight excluding hydrogens is 222 g/mol. The number of hydrogen-bond acceptors (Lipinski definition) is 1. The van der Waals surface area contributed by atoms with E-state index in [0.717, 1.165) is 25.0 Å². The van der Waals surface area contributed by atoms with Gasteiger partial charge in [-0.3, -0.25) is 0 Å². The van der Waals surface area contributed by atoms with E-state index in [2.05, 4.69) is 4.98 Å². The molecular formula is C10H7ClF2N2. The van der Waals surface area contributed by atoms with Crippen molar-refractivity contribution in [3.8, 4) is 0 Å². The molecule has 0 spiro atoms. The molecule has 2 aromatic rings. The number of imidazole rings is 1. The first-order valence-electron chi connectivity index (χ1n) is 4.69. The third-order valence-electron chi connectivity index (χ3n) is 2.60. The van der Waals surface area contributed by atoms with Crippen molar-refractivity contribution < 1.29 is 8.78 Å². The summed E-state index contributed by atoms with van der Waals surface area (Å²) in [5.41, 5.74) is 0.979. The lowest BCUT2D eigenvalue weighted by Crippen LogP contribution is -1.94. The largest absolute Gasteiger partial charge is 0.311 e. The van der Waals surface area contributed by atoms with Crippen LogP contribution in [0, 0.1) is 11.6 Å². The Morgan fingerprint density at radius 1 is 1.27 bits per heavy atom. The average molecular weight is 229 g/mol. The van der Waals surface area contributed by atoms with Gasteiger partial charge in [-0.25, -0.2) is 13.8 Å². The van der Waals surface area contributed by atoms with Crippen LogP contribution in [0.2, 0.25) is 5.28 Å². The number of benzene rings is 1. The molecule has 1 aromatic heterocycles. The molecule has 1 fully saturated rings.